The quantitative estimate of drug-likeness (QED) is 0.290. The van der Waals surface area contributed by atoms with Crippen LogP contribution >= 0.6 is 21.6 Å². The Hall–Kier alpha value is -2.58. The number of nitrogens with zero attached hydrogens (tertiary/aromatic N) is 4. The Morgan fingerprint density at radius 1 is 0.633 bits per heavy atom. The molecule has 0 aliphatic rings. The summed E-state index contributed by atoms with van der Waals surface area (Å²) in [7, 11) is 3.27. The highest BCUT2D eigenvalue weighted by atomic mass is 33.1. The lowest BCUT2D eigenvalue weighted by atomic mass is 10.2. The molecule has 2 aromatic heterocycles. The summed E-state index contributed by atoms with van der Waals surface area (Å²) in [5.41, 5.74) is 1.85. The second-order valence-corrected chi connectivity index (χ2v) is 9.60. The number of aromatic nitrogens is 4. The van der Waals surface area contributed by atoms with Gasteiger partial charge in [0.15, 0.2) is 11.6 Å². The Morgan fingerprint density at radius 2 is 1.03 bits per heavy atom. The predicted molar refractivity (Wildman–Crippen MR) is 119 cm³/mol. The molecule has 0 radical (unpaired) electrons. The van der Waals surface area contributed by atoms with E-state index in [1.165, 1.54) is 0 Å². The Bertz CT molecular complexity index is 1050. The molecule has 0 amide bonds. The Labute approximate surface area is 183 Å². The Balaban J connectivity index is 1.59. The highest BCUT2D eigenvalue weighted by Crippen LogP contribution is 2.44. The molecule has 154 valence electrons. The van der Waals surface area contributed by atoms with Crippen molar-refractivity contribution in [2.45, 2.75) is 49.3 Å². The van der Waals surface area contributed by atoms with Crippen LogP contribution in [-0.2, 0) is 0 Å². The fourth-order valence-electron chi connectivity index (χ4n) is 2.68. The summed E-state index contributed by atoms with van der Waals surface area (Å²) >= 11 is 0. The van der Waals surface area contributed by atoms with Crippen LogP contribution in [0.4, 0.5) is 0 Å². The van der Waals surface area contributed by atoms with Gasteiger partial charge in [-0.2, -0.15) is 9.97 Å². The van der Waals surface area contributed by atoms with E-state index in [1.54, 1.807) is 21.6 Å². The molecule has 0 bridgehead atoms. The largest absolute Gasteiger partial charge is 0.334 e. The average Bonchev–Trinajstić information content (AvgIpc) is 3.43. The van der Waals surface area contributed by atoms with Crippen molar-refractivity contribution in [2.75, 3.05) is 0 Å². The van der Waals surface area contributed by atoms with Gasteiger partial charge in [-0.15, -0.1) is 0 Å². The zero-order chi connectivity index (χ0) is 21.1. The van der Waals surface area contributed by atoms with E-state index in [4.69, 9.17) is 9.05 Å². The SMILES string of the molecule is CC(C)c1noc(-c2ccccc2SSc2ccccc2-c2nc(C(C)C)no2)n1. The first-order chi connectivity index (χ1) is 14.5. The van der Waals surface area contributed by atoms with Gasteiger partial charge in [0.2, 0.25) is 0 Å². The Morgan fingerprint density at radius 3 is 1.40 bits per heavy atom. The summed E-state index contributed by atoms with van der Waals surface area (Å²) in [6, 6.07) is 16.1. The summed E-state index contributed by atoms with van der Waals surface area (Å²) < 4.78 is 11.0. The van der Waals surface area contributed by atoms with E-state index in [1.807, 2.05) is 64.1 Å². The van der Waals surface area contributed by atoms with Crippen molar-refractivity contribution in [1.82, 2.24) is 20.3 Å². The lowest BCUT2D eigenvalue weighted by Crippen LogP contribution is -1.90. The molecule has 0 spiro atoms. The summed E-state index contributed by atoms with van der Waals surface area (Å²) in [5.74, 6) is 2.92. The van der Waals surface area contributed by atoms with Crippen LogP contribution in [-0.4, -0.2) is 20.3 Å². The molecule has 0 unspecified atom stereocenters. The van der Waals surface area contributed by atoms with Gasteiger partial charge in [-0.1, -0.05) is 83.9 Å². The first-order valence-electron chi connectivity index (χ1n) is 9.73. The molecule has 30 heavy (non-hydrogen) atoms. The number of hydrogen-bond donors (Lipinski definition) is 0. The molecule has 8 heteroatoms. The van der Waals surface area contributed by atoms with Crippen molar-refractivity contribution in [3.63, 3.8) is 0 Å². The first kappa shape index (κ1) is 20.7. The van der Waals surface area contributed by atoms with Gasteiger partial charge in [-0.3, -0.25) is 0 Å². The van der Waals surface area contributed by atoms with Crippen molar-refractivity contribution < 1.29 is 9.05 Å². The van der Waals surface area contributed by atoms with Gasteiger partial charge in [-0.05, 0) is 24.3 Å². The van der Waals surface area contributed by atoms with Crippen molar-refractivity contribution in [1.29, 1.82) is 0 Å². The fraction of sp³-hybridized carbons (Fsp3) is 0.273. The molecule has 0 fully saturated rings. The third-order valence-corrected chi connectivity index (χ3v) is 6.85. The number of benzene rings is 2. The normalized spacial score (nSPS) is 11.5. The van der Waals surface area contributed by atoms with Crippen LogP contribution in [0.25, 0.3) is 22.9 Å². The molecule has 2 aromatic carbocycles. The highest BCUT2D eigenvalue weighted by Gasteiger charge is 2.18. The second-order valence-electron chi connectivity index (χ2n) is 7.38. The molecule has 0 aliphatic carbocycles. The van der Waals surface area contributed by atoms with Gasteiger partial charge in [0.1, 0.15) is 0 Å². The fourth-order valence-corrected chi connectivity index (χ4v) is 5.03. The van der Waals surface area contributed by atoms with Gasteiger partial charge in [0.25, 0.3) is 11.8 Å². The van der Waals surface area contributed by atoms with E-state index in [-0.39, 0.29) is 11.8 Å². The van der Waals surface area contributed by atoms with Crippen LogP contribution in [0.2, 0.25) is 0 Å². The van der Waals surface area contributed by atoms with E-state index in [9.17, 15) is 0 Å². The first-order valence-corrected chi connectivity index (χ1v) is 11.9. The lowest BCUT2D eigenvalue weighted by molar-refractivity contribution is 0.418. The van der Waals surface area contributed by atoms with Gasteiger partial charge >= 0.3 is 0 Å². The Kier molecular flexibility index (Phi) is 6.24. The maximum atomic E-state index is 5.51. The van der Waals surface area contributed by atoms with E-state index < -0.39 is 0 Å². The molecule has 0 N–H and O–H groups in total. The molecule has 0 aliphatic heterocycles. The molecule has 4 aromatic rings. The maximum absolute atomic E-state index is 5.51. The molecule has 0 saturated heterocycles. The third-order valence-electron chi connectivity index (χ3n) is 4.37. The minimum atomic E-state index is 0.216. The van der Waals surface area contributed by atoms with E-state index in [0.717, 1.165) is 20.9 Å². The van der Waals surface area contributed by atoms with Crippen LogP contribution in [0.15, 0.2) is 67.4 Å². The zero-order valence-corrected chi connectivity index (χ0v) is 18.8. The van der Waals surface area contributed by atoms with Crippen LogP contribution in [0.1, 0.15) is 51.2 Å². The monoisotopic (exact) mass is 438 g/mol. The summed E-state index contributed by atoms with van der Waals surface area (Å²) in [6.45, 7) is 8.18. The average molecular weight is 439 g/mol. The molecule has 6 nitrogen and oxygen atoms in total. The van der Waals surface area contributed by atoms with Crippen LogP contribution in [0.5, 0.6) is 0 Å². The van der Waals surface area contributed by atoms with E-state index in [0.29, 0.717) is 23.4 Å². The maximum Gasteiger partial charge on any atom is 0.259 e. The smallest absolute Gasteiger partial charge is 0.259 e. The standard InChI is InChI=1S/C22H22N4O2S2/c1-13(2)19-23-21(27-25-19)15-9-5-7-11-17(15)29-30-18-12-8-6-10-16(18)22-24-20(14(3)4)26-28-22/h5-14H,1-4H3. The summed E-state index contributed by atoms with van der Waals surface area (Å²) in [4.78, 5) is 11.2. The van der Waals surface area contributed by atoms with Crippen molar-refractivity contribution >= 4 is 21.6 Å². The van der Waals surface area contributed by atoms with Crippen LogP contribution in [0, 0.1) is 0 Å². The van der Waals surface area contributed by atoms with E-state index >= 15 is 0 Å². The highest BCUT2D eigenvalue weighted by molar-refractivity contribution is 8.76. The second kappa shape index (κ2) is 9.06. The van der Waals surface area contributed by atoms with Gasteiger partial charge < -0.3 is 9.05 Å². The van der Waals surface area contributed by atoms with Gasteiger partial charge in [0.05, 0.1) is 11.1 Å². The summed E-state index contributed by atoms with van der Waals surface area (Å²) in [5, 5.41) is 8.18. The van der Waals surface area contributed by atoms with Crippen molar-refractivity contribution in [3.8, 4) is 22.9 Å². The van der Waals surface area contributed by atoms with E-state index in [2.05, 4.69) is 32.4 Å². The predicted octanol–water partition coefficient (Wildman–Crippen LogP) is 6.83. The molecular weight excluding hydrogens is 416 g/mol. The third kappa shape index (κ3) is 4.44. The summed E-state index contributed by atoms with van der Waals surface area (Å²) in [6.07, 6.45) is 0. The topological polar surface area (TPSA) is 77.8 Å². The van der Waals surface area contributed by atoms with Crippen LogP contribution < -0.4 is 0 Å². The number of hydrogen-bond acceptors (Lipinski definition) is 8. The minimum absolute atomic E-state index is 0.216. The van der Waals surface area contributed by atoms with Gasteiger partial charge in [-0.25, -0.2) is 0 Å². The minimum Gasteiger partial charge on any atom is -0.334 e. The van der Waals surface area contributed by atoms with Gasteiger partial charge in [0, 0.05) is 21.6 Å². The molecule has 2 heterocycles. The van der Waals surface area contributed by atoms with Crippen molar-refractivity contribution in [2.24, 2.45) is 0 Å². The van der Waals surface area contributed by atoms with Crippen molar-refractivity contribution in [3.05, 3.63) is 60.2 Å². The molecular formula is C22H22N4O2S2. The molecule has 4 rings (SSSR count). The molecule has 0 atom stereocenters. The zero-order valence-electron chi connectivity index (χ0n) is 17.2. The number of rotatable bonds is 7. The molecule has 0 saturated carbocycles. The lowest BCUT2D eigenvalue weighted by Gasteiger charge is -2.07. The van der Waals surface area contributed by atoms with Crippen LogP contribution in [0.3, 0.4) is 0 Å².